The largest absolute Gasteiger partial charge is 0.339 e. The van der Waals surface area contributed by atoms with Gasteiger partial charge in [0.25, 0.3) is 5.91 Å². The molecule has 0 unspecified atom stereocenters. The molecular weight excluding hydrogens is 386 g/mol. The Balaban J connectivity index is 1.56. The first kappa shape index (κ1) is 19.2. The molecule has 31 heavy (non-hydrogen) atoms. The third-order valence-electron chi connectivity index (χ3n) is 5.67. The van der Waals surface area contributed by atoms with E-state index in [4.69, 9.17) is 4.98 Å². The van der Waals surface area contributed by atoms with Crippen molar-refractivity contribution in [3.63, 3.8) is 0 Å². The Morgan fingerprint density at radius 1 is 1.10 bits per heavy atom. The Morgan fingerprint density at radius 2 is 1.90 bits per heavy atom. The van der Waals surface area contributed by atoms with E-state index in [1.54, 1.807) is 6.21 Å². The smallest absolute Gasteiger partial charge is 0.276 e. The molecule has 1 amide bonds. The third-order valence-corrected chi connectivity index (χ3v) is 5.67. The number of nitrogens with one attached hydrogen (secondary N) is 1. The first-order valence-electron chi connectivity index (χ1n) is 10.6. The van der Waals surface area contributed by atoms with Crippen LogP contribution >= 0.6 is 0 Å². The molecule has 1 aliphatic rings. The number of rotatable bonds is 5. The highest BCUT2D eigenvalue weighted by Crippen LogP contribution is 2.31. The lowest BCUT2D eigenvalue weighted by atomic mass is 10.1. The van der Waals surface area contributed by atoms with Crippen LogP contribution in [0.25, 0.3) is 21.8 Å². The van der Waals surface area contributed by atoms with Crippen LogP contribution in [0.1, 0.15) is 36.7 Å². The van der Waals surface area contributed by atoms with Crippen molar-refractivity contribution in [2.75, 3.05) is 5.32 Å². The van der Waals surface area contributed by atoms with E-state index in [2.05, 4.69) is 57.3 Å². The summed E-state index contributed by atoms with van der Waals surface area (Å²) in [4.78, 5) is 17.0. The van der Waals surface area contributed by atoms with E-state index in [0.29, 0.717) is 5.71 Å². The molecule has 1 aliphatic heterocycles. The van der Waals surface area contributed by atoms with E-state index in [0.717, 1.165) is 47.4 Å². The molecule has 0 atom stereocenters. The van der Waals surface area contributed by atoms with Crippen LogP contribution in [0.4, 0.5) is 5.69 Å². The van der Waals surface area contributed by atoms with Gasteiger partial charge < -0.3 is 9.88 Å². The van der Waals surface area contributed by atoms with Crippen LogP contribution < -0.4 is 5.32 Å². The lowest BCUT2D eigenvalue weighted by Crippen LogP contribution is -2.13. The van der Waals surface area contributed by atoms with Crippen LogP contribution in [0.2, 0.25) is 0 Å². The Hall–Kier alpha value is -3.80. The minimum atomic E-state index is -0.239. The zero-order chi connectivity index (χ0) is 21.4. The van der Waals surface area contributed by atoms with Crippen molar-refractivity contribution >= 4 is 45.3 Å². The average molecular weight is 409 g/mol. The fourth-order valence-corrected chi connectivity index (χ4v) is 4.26. The van der Waals surface area contributed by atoms with Gasteiger partial charge in [0.15, 0.2) is 5.71 Å². The van der Waals surface area contributed by atoms with Gasteiger partial charge in [-0.2, -0.15) is 5.10 Å². The molecule has 0 saturated heterocycles. The Kier molecular flexibility index (Phi) is 4.82. The van der Waals surface area contributed by atoms with E-state index >= 15 is 0 Å². The van der Waals surface area contributed by atoms with Gasteiger partial charge in [-0.25, -0.2) is 4.98 Å². The second kappa shape index (κ2) is 7.80. The predicted octanol–water partition coefficient (Wildman–Crippen LogP) is 5.07. The summed E-state index contributed by atoms with van der Waals surface area (Å²) in [5, 5.41) is 13.6. The number of pyridine rings is 1. The number of aromatic nitrogens is 2. The molecule has 6 heteroatoms. The summed E-state index contributed by atoms with van der Waals surface area (Å²) in [6.07, 6.45) is 3.88. The van der Waals surface area contributed by atoms with Gasteiger partial charge in [0.2, 0.25) is 0 Å². The number of aryl methyl sites for hydroxylation is 2. The van der Waals surface area contributed by atoms with E-state index in [1.165, 1.54) is 16.4 Å². The quantitative estimate of drug-likeness (QED) is 0.369. The number of carbonyl (C=O) groups excluding carboxylic acids is 1. The van der Waals surface area contributed by atoms with Crippen molar-refractivity contribution in [1.82, 2.24) is 9.55 Å². The second-order valence-corrected chi connectivity index (χ2v) is 7.74. The molecule has 5 rings (SSSR count). The number of carbonyl (C=O) groups is 1. The number of amides is 1. The van der Waals surface area contributed by atoms with E-state index in [-0.39, 0.29) is 5.91 Å². The van der Waals surface area contributed by atoms with Gasteiger partial charge in [-0.15, -0.1) is 5.10 Å². The molecule has 154 valence electrons. The Morgan fingerprint density at radius 3 is 2.77 bits per heavy atom. The molecule has 2 aromatic carbocycles. The number of anilines is 1. The summed E-state index contributed by atoms with van der Waals surface area (Å²) >= 11 is 0. The van der Waals surface area contributed by atoms with Crippen LogP contribution in [0.5, 0.6) is 0 Å². The van der Waals surface area contributed by atoms with Gasteiger partial charge >= 0.3 is 0 Å². The molecule has 4 aromatic rings. The van der Waals surface area contributed by atoms with Crippen molar-refractivity contribution < 1.29 is 4.79 Å². The lowest BCUT2D eigenvalue weighted by Gasteiger charge is -2.08. The van der Waals surface area contributed by atoms with Crippen molar-refractivity contribution in [2.24, 2.45) is 10.2 Å². The maximum Gasteiger partial charge on any atom is 0.276 e. The molecule has 0 radical (unpaired) electrons. The molecule has 3 heterocycles. The number of nitrogens with zero attached hydrogens (tertiary/aromatic N) is 4. The summed E-state index contributed by atoms with van der Waals surface area (Å²) in [7, 11) is 0. The fourth-order valence-electron chi connectivity index (χ4n) is 4.26. The van der Waals surface area contributed by atoms with Gasteiger partial charge in [0.05, 0.1) is 28.8 Å². The molecule has 0 fully saturated rings. The standard InChI is InChI=1S/C25H23N5O/c1-3-4-13-30-22-12-8-6-9-18(22)20-14-17(27-16(2)24(20)30)15-26-29-23-19-10-5-7-11-21(19)28-25(23)31/h5-12,14-15H,3-4,13H2,1-2H3,(H,28,29,31). The van der Waals surface area contributed by atoms with Crippen molar-refractivity contribution in [3.8, 4) is 0 Å². The van der Waals surface area contributed by atoms with Gasteiger partial charge in [0, 0.05) is 28.4 Å². The van der Waals surface area contributed by atoms with Crippen LogP contribution in [0, 0.1) is 6.92 Å². The normalized spacial score (nSPS) is 14.8. The van der Waals surface area contributed by atoms with Crippen molar-refractivity contribution in [1.29, 1.82) is 0 Å². The zero-order valence-corrected chi connectivity index (χ0v) is 17.6. The van der Waals surface area contributed by atoms with Crippen LogP contribution in [0.15, 0.2) is 64.8 Å². The molecule has 0 bridgehead atoms. The lowest BCUT2D eigenvalue weighted by molar-refractivity contribution is -0.110. The first-order valence-corrected chi connectivity index (χ1v) is 10.6. The van der Waals surface area contributed by atoms with Crippen molar-refractivity contribution in [3.05, 3.63) is 71.5 Å². The highest BCUT2D eigenvalue weighted by molar-refractivity contribution is 6.53. The molecule has 0 saturated carbocycles. The van der Waals surface area contributed by atoms with Crippen LogP contribution in [-0.4, -0.2) is 27.4 Å². The number of hydrogen-bond donors (Lipinski definition) is 1. The highest BCUT2D eigenvalue weighted by atomic mass is 16.2. The van der Waals surface area contributed by atoms with Gasteiger partial charge in [-0.05, 0) is 31.5 Å². The Labute approximate surface area is 180 Å². The molecule has 2 aromatic heterocycles. The number of fused-ring (bicyclic) bond motifs is 4. The summed E-state index contributed by atoms with van der Waals surface area (Å²) in [5.41, 5.74) is 5.93. The number of benzene rings is 2. The van der Waals surface area contributed by atoms with Gasteiger partial charge in [-0.1, -0.05) is 49.7 Å². The monoisotopic (exact) mass is 409 g/mol. The molecular formula is C25H23N5O. The zero-order valence-electron chi connectivity index (χ0n) is 17.6. The SMILES string of the molecule is CCCCn1c2ccccc2c2cc(C=NN=C3C(=O)Nc4ccccc43)nc(C)c21. The van der Waals surface area contributed by atoms with Gasteiger partial charge in [0.1, 0.15) is 0 Å². The minimum absolute atomic E-state index is 0.239. The summed E-state index contributed by atoms with van der Waals surface area (Å²) in [6.45, 7) is 5.21. The average Bonchev–Trinajstić information content (AvgIpc) is 3.27. The first-order chi connectivity index (χ1) is 15.2. The summed E-state index contributed by atoms with van der Waals surface area (Å²) < 4.78 is 2.37. The van der Waals surface area contributed by atoms with E-state index in [1.807, 2.05) is 31.2 Å². The summed E-state index contributed by atoms with van der Waals surface area (Å²) in [6, 6.07) is 18.0. The number of unbranched alkanes of at least 4 members (excludes halogenated alkanes) is 1. The number of hydrogen-bond acceptors (Lipinski definition) is 4. The van der Waals surface area contributed by atoms with Crippen LogP contribution in [-0.2, 0) is 11.3 Å². The maximum atomic E-state index is 12.2. The highest BCUT2D eigenvalue weighted by Gasteiger charge is 2.25. The predicted molar refractivity (Wildman–Crippen MR) is 126 cm³/mol. The third kappa shape index (κ3) is 3.30. The molecule has 6 nitrogen and oxygen atoms in total. The van der Waals surface area contributed by atoms with E-state index < -0.39 is 0 Å². The van der Waals surface area contributed by atoms with E-state index in [9.17, 15) is 4.79 Å². The fraction of sp³-hybridized carbons (Fsp3) is 0.200. The topological polar surface area (TPSA) is 71.6 Å². The summed E-state index contributed by atoms with van der Waals surface area (Å²) in [5.74, 6) is -0.239. The minimum Gasteiger partial charge on any atom is -0.339 e. The van der Waals surface area contributed by atoms with Gasteiger partial charge in [-0.3, -0.25) is 4.79 Å². The molecule has 0 aliphatic carbocycles. The van der Waals surface area contributed by atoms with Crippen molar-refractivity contribution in [2.45, 2.75) is 33.2 Å². The second-order valence-electron chi connectivity index (χ2n) is 7.74. The molecule has 1 N–H and O–H groups in total. The Bertz CT molecular complexity index is 1380. The maximum absolute atomic E-state index is 12.2. The number of para-hydroxylation sites is 2. The molecule has 0 spiro atoms. The van der Waals surface area contributed by atoms with Crippen LogP contribution in [0.3, 0.4) is 0 Å².